The van der Waals surface area contributed by atoms with Crippen molar-refractivity contribution < 1.29 is 14.0 Å². The predicted octanol–water partition coefficient (Wildman–Crippen LogP) is 4.34. The molecule has 0 bridgehead atoms. The first kappa shape index (κ1) is 25.5. The molecule has 2 aromatic carbocycles. The van der Waals surface area contributed by atoms with Crippen molar-refractivity contribution in [3.05, 3.63) is 102 Å². The van der Waals surface area contributed by atoms with Crippen molar-refractivity contribution in [2.24, 2.45) is 0 Å². The second-order valence-electron chi connectivity index (χ2n) is 9.59. The molecule has 2 amide bonds. The van der Waals surface area contributed by atoms with Gasteiger partial charge in [0, 0.05) is 24.2 Å². The number of pyridine rings is 1. The molecule has 0 saturated heterocycles. The summed E-state index contributed by atoms with van der Waals surface area (Å²) in [5.74, 6) is -0.401. The van der Waals surface area contributed by atoms with E-state index in [1.165, 1.54) is 12.1 Å². The lowest BCUT2D eigenvalue weighted by molar-refractivity contribution is -0.123. The van der Waals surface area contributed by atoms with Crippen molar-refractivity contribution in [3.63, 3.8) is 0 Å². The molecule has 1 aliphatic rings. The van der Waals surface area contributed by atoms with Gasteiger partial charge >= 0.3 is 0 Å². The lowest BCUT2D eigenvalue weighted by Gasteiger charge is -2.19. The maximum atomic E-state index is 13.2. The van der Waals surface area contributed by atoms with E-state index >= 15 is 0 Å². The number of carbonyl (C=O) groups excluding carboxylic acids is 2. The Morgan fingerprint density at radius 2 is 1.78 bits per heavy atom. The molecule has 36 heavy (non-hydrogen) atoms. The third-order valence-electron chi connectivity index (χ3n) is 6.79. The van der Waals surface area contributed by atoms with Crippen LogP contribution in [0.1, 0.15) is 60.1 Å². The van der Waals surface area contributed by atoms with E-state index < -0.39 is 6.04 Å². The van der Waals surface area contributed by atoms with Crippen LogP contribution in [0, 0.1) is 5.82 Å². The number of halogens is 1. The van der Waals surface area contributed by atoms with Crippen LogP contribution in [0.25, 0.3) is 0 Å². The van der Waals surface area contributed by atoms with Crippen molar-refractivity contribution >= 4 is 11.8 Å². The van der Waals surface area contributed by atoms with Gasteiger partial charge in [-0.15, -0.1) is 0 Å². The van der Waals surface area contributed by atoms with Crippen LogP contribution < -0.4 is 16.0 Å². The van der Waals surface area contributed by atoms with Crippen LogP contribution in [0.5, 0.6) is 0 Å². The largest absolute Gasteiger partial charge is 0.350 e. The molecule has 3 N–H and O–H groups in total. The summed E-state index contributed by atoms with van der Waals surface area (Å²) in [6.45, 7) is 3.40. The number of hydrogen-bond acceptors (Lipinski definition) is 4. The van der Waals surface area contributed by atoms with E-state index in [1.807, 2.05) is 42.5 Å². The highest BCUT2D eigenvalue weighted by Crippen LogP contribution is 2.51. The first-order valence-electron chi connectivity index (χ1n) is 12.5. The van der Waals surface area contributed by atoms with Gasteiger partial charge in [-0.05, 0) is 74.5 Å². The van der Waals surface area contributed by atoms with E-state index in [0.29, 0.717) is 18.9 Å². The van der Waals surface area contributed by atoms with Gasteiger partial charge in [0.05, 0.1) is 0 Å². The third-order valence-corrected chi connectivity index (χ3v) is 6.79. The van der Waals surface area contributed by atoms with Gasteiger partial charge in [-0.3, -0.25) is 14.6 Å². The SMILES string of the molecule is CC1(NCCCCC(NC(=O)c2ccccn2)C(=O)NCc2ccccc2)CC1c1ccc(F)cc1. The fraction of sp³-hybridized carbons (Fsp3) is 0.345. The van der Waals surface area contributed by atoms with Gasteiger partial charge in [0.25, 0.3) is 5.91 Å². The van der Waals surface area contributed by atoms with E-state index in [0.717, 1.165) is 36.9 Å². The Morgan fingerprint density at radius 3 is 2.50 bits per heavy atom. The molecule has 7 heteroatoms. The Morgan fingerprint density at radius 1 is 1.03 bits per heavy atom. The highest BCUT2D eigenvalue weighted by atomic mass is 19.1. The quantitative estimate of drug-likeness (QED) is 0.331. The van der Waals surface area contributed by atoms with E-state index in [2.05, 4.69) is 27.9 Å². The first-order chi connectivity index (χ1) is 17.4. The monoisotopic (exact) mass is 488 g/mol. The average molecular weight is 489 g/mol. The topological polar surface area (TPSA) is 83.1 Å². The second-order valence-corrected chi connectivity index (χ2v) is 9.59. The smallest absolute Gasteiger partial charge is 0.270 e. The number of benzene rings is 2. The summed E-state index contributed by atoms with van der Waals surface area (Å²) >= 11 is 0. The van der Waals surface area contributed by atoms with Crippen molar-refractivity contribution in [1.82, 2.24) is 20.9 Å². The standard InChI is InChI=1S/C29H33FN4O2/c1-29(19-24(29)22-13-15-23(30)16-14-22)33-18-8-6-12-26(34-28(36)25-11-5-7-17-31-25)27(35)32-20-21-9-3-2-4-10-21/h2-5,7,9-11,13-17,24,26,33H,6,8,12,18-20H2,1H3,(H,32,35)(H,34,36). The van der Waals surface area contributed by atoms with E-state index in [9.17, 15) is 14.0 Å². The maximum Gasteiger partial charge on any atom is 0.270 e. The maximum absolute atomic E-state index is 13.2. The number of carbonyl (C=O) groups is 2. The summed E-state index contributed by atoms with van der Waals surface area (Å²) in [6, 6.07) is 20.9. The van der Waals surface area contributed by atoms with Gasteiger partial charge < -0.3 is 16.0 Å². The van der Waals surface area contributed by atoms with Gasteiger partial charge in [-0.2, -0.15) is 0 Å². The molecular weight excluding hydrogens is 455 g/mol. The Labute approximate surface area is 211 Å². The van der Waals surface area contributed by atoms with E-state index in [4.69, 9.17) is 0 Å². The molecule has 1 saturated carbocycles. The van der Waals surface area contributed by atoms with Crippen LogP contribution in [0.3, 0.4) is 0 Å². The van der Waals surface area contributed by atoms with Crippen molar-refractivity contribution in [2.45, 2.75) is 56.7 Å². The zero-order chi connectivity index (χ0) is 25.4. The Balaban J connectivity index is 1.26. The van der Waals surface area contributed by atoms with Gasteiger partial charge in [-0.1, -0.05) is 48.5 Å². The average Bonchev–Trinajstić information content (AvgIpc) is 3.58. The zero-order valence-corrected chi connectivity index (χ0v) is 20.5. The van der Waals surface area contributed by atoms with Crippen LogP contribution in [0.15, 0.2) is 79.0 Å². The van der Waals surface area contributed by atoms with Crippen molar-refractivity contribution in [1.29, 1.82) is 0 Å². The molecule has 3 atom stereocenters. The number of aromatic nitrogens is 1. The molecule has 1 heterocycles. The normalized spacial score (nSPS) is 19.3. The number of amides is 2. The highest BCUT2D eigenvalue weighted by Gasteiger charge is 2.50. The fourth-order valence-corrected chi connectivity index (χ4v) is 4.49. The van der Waals surface area contributed by atoms with Gasteiger partial charge in [0.15, 0.2) is 0 Å². The Kier molecular flexibility index (Phi) is 8.44. The molecule has 0 aliphatic heterocycles. The number of nitrogens with zero attached hydrogens (tertiary/aromatic N) is 1. The predicted molar refractivity (Wildman–Crippen MR) is 138 cm³/mol. The molecule has 6 nitrogen and oxygen atoms in total. The summed E-state index contributed by atoms with van der Waals surface area (Å²) in [5.41, 5.74) is 2.45. The van der Waals surface area contributed by atoms with Crippen LogP contribution >= 0.6 is 0 Å². The molecular formula is C29H33FN4O2. The van der Waals surface area contributed by atoms with Crippen LogP contribution in [-0.2, 0) is 11.3 Å². The third kappa shape index (κ3) is 6.98. The molecule has 3 aromatic rings. The highest BCUT2D eigenvalue weighted by molar-refractivity contribution is 5.96. The minimum absolute atomic E-state index is 0.0114. The van der Waals surface area contributed by atoms with Crippen LogP contribution in [-0.4, -0.2) is 34.9 Å². The lowest BCUT2D eigenvalue weighted by atomic mass is 10.1. The molecule has 4 rings (SSSR count). The van der Waals surface area contributed by atoms with Crippen LogP contribution in [0.4, 0.5) is 4.39 Å². The molecule has 1 aliphatic carbocycles. The van der Waals surface area contributed by atoms with Crippen molar-refractivity contribution in [2.75, 3.05) is 6.54 Å². The summed E-state index contributed by atoms with van der Waals surface area (Å²) in [4.78, 5) is 29.7. The molecule has 188 valence electrons. The van der Waals surface area contributed by atoms with Gasteiger partial charge in [0.2, 0.25) is 5.91 Å². The summed E-state index contributed by atoms with van der Waals surface area (Å²) in [7, 11) is 0. The summed E-state index contributed by atoms with van der Waals surface area (Å²) in [6.07, 6.45) is 4.74. The number of nitrogens with one attached hydrogen (secondary N) is 3. The number of rotatable bonds is 12. The minimum Gasteiger partial charge on any atom is -0.350 e. The molecule has 1 fully saturated rings. The van der Waals surface area contributed by atoms with Crippen molar-refractivity contribution in [3.8, 4) is 0 Å². The minimum atomic E-state index is -0.647. The molecule has 0 radical (unpaired) electrons. The molecule has 0 spiro atoms. The Hall–Kier alpha value is -3.58. The van der Waals surface area contributed by atoms with Gasteiger partial charge in [-0.25, -0.2) is 4.39 Å². The molecule has 3 unspecified atom stereocenters. The summed E-state index contributed by atoms with van der Waals surface area (Å²) < 4.78 is 13.2. The second kappa shape index (κ2) is 11.9. The number of hydrogen-bond donors (Lipinski definition) is 3. The fourth-order valence-electron chi connectivity index (χ4n) is 4.49. The zero-order valence-electron chi connectivity index (χ0n) is 20.5. The van der Waals surface area contributed by atoms with E-state index in [-0.39, 0.29) is 28.9 Å². The van der Waals surface area contributed by atoms with E-state index in [1.54, 1.807) is 24.4 Å². The van der Waals surface area contributed by atoms with Crippen LogP contribution in [0.2, 0.25) is 0 Å². The lowest BCUT2D eigenvalue weighted by Crippen LogP contribution is -2.46. The Bertz CT molecular complexity index is 1140. The molecule has 1 aromatic heterocycles. The summed E-state index contributed by atoms with van der Waals surface area (Å²) in [5, 5.41) is 9.42. The van der Waals surface area contributed by atoms with Gasteiger partial charge in [0.1, 0.15) is 17.6 Å². The number of unbranched alkanes of at least 4 members (excludes halogenated alkanes) is 1. The first-order valence-corrected chi connectivity index (χ1v) is 12.5.